The van der Waals surface area contributed by atoms with Gasteiger partial charge in [-0.3, -0.25) is 4.72 Å². The van der Waals surface area contributed by atoms with Crippen LogP contribution in [0.2, 0.25) is 0 Å². The highest BCUT2D eigenvalue weighted by molar-refractivity contribution is 7.92. The van der Waals surface area contributed by atoms with E-state index in [-0.39, 0.29) is 11.8 Å². The van der Waals surface area contributed by atoms with Crippen molar-refractivity contribution in [1.82, 2.24) is 5.32 Å². The molecular weight excluding hydrogens is 272 g/mol. The molecule has 0 saturated heterocycles. The predicted octanol–water partition coefficient (Wildman–Crippen LogP) is 3.14. The maximum atomic E-state index is 12.1. The Bertz CT molecular complexity index is 512. The summed E-state index contributed by atoms with van der Waals surface area (Å²) in [5.41, 5.74) is 1.65. The van der Waals surface area contributed by atoms with Crippen molar-refractivity contribution in [2.24, 2.45) is 5.92 Å². The Morgan fingerprint density at radius 1 is 1.15 bits per heavy atom. The van der Waals surface area contributed by atoms with Crippen molar-refractivity contribution in [3.05, 3.63) is 29.8 Å². The average Bonchev–Trinajstić information content (AvgIpc) is 2.37. The van der Waals surface area contributed by atoms with Crippen LogP contribution in [-0.4, -0.2) is 20.7 Å². The van der Waals surface area contributed by atoms with Gasteiger partial charge >= 0.3 is 0 Å². The van der Waals surface area contributed by atoms with Crippen LogP contribution >= 0.6 is 0 Å². The van der Waals surface area contributed by atoms with E-state index in [0.29, 0.717) is 18.0 Å². The Morgan fingerprint density at radius 3 is 2.40 bits per heavy atom. The van der Waals surface area contributed by atoms with E-state index in [4.69, 9.17) is 0 Å². The molecule has 1 unspecified atom stereocenters. The lowest BCUT2D eigenvalue weighted by atomic mass is 10.1. The molecule has 0 spiro atoms. The van der Waals surface area contributed by atoms with Crippen LogP contribution in [-0.2, 0) is 10.0 Å². The molecule has 0 aromatic heterocycles. The third-order valence-corrected chi connectivity index (χ3v) is 4.47. The van der Waals surface area contributed by atoms with Gasteiger partial charge in [-0.1, -0.05) is 39.0 Å². The van der Waals surface area contributed by atoms with Gasteiger partial charge in [0.1, 0.15) is 0 Å². The minimum atomic E-state index is -3.28. The normalized spacial score (nSPS) is 13.4. The standard InChI is InChI=1S/C15H26N2O2S/c1-5-16-13(4)14-8-6-7-9-15(14)17-20(18,19)11-10-12(2)3/h6-9,12-13,16-17H,5,10-11H2,1-4H3. The number of anilines is 1. The van der Waals surface area contributed by atoms with Crippen LogP contribution in [0.1, 0.15) is 45.7 Å². The van der Waals surface area contributed by atoms with Gasteiger partial charge in [-0.2, -0.15) is 0 Å². The number of rotatable bonds is 8. The van der Waals surface area contributed by atoms with Crippen LogP contribution in [0.3, 0.4) is 0 Å². The van der Waals surface area contributed by atoms with Crippen molar-refractivity contribution >= 4 is 15.7 Å². The predicted molar refractivity (Wildman–Crippen MR) is 85.4 cm³/mol. The third-order valence-electron chi connectivity index (χ3n) is 3.17. The molecule has 0 radical (unpaired) electrons. The highest BCUT2D eigenvalue weighted by Gasteiger charge is 2.15. The van der Waals surface area contributed by atoms with E-state index in [2.05, 4.69) is 10.0 Å². The van der Waals surface area contributed by atoms with Crippen LogP contribution in [0.25, 0.3) is 0 Å². The topological polar surface area (TPSA) is 58.2 Å². The van der Waals surface area contributed by atoms with Crippen molar-refractivity contribution < 1.29 is 8.42 Å². The fourth-order valence-corrected chi connectivity index (χ4v) is 3.40. The van der Waals surface area contributed by atoms with Gasteiger partial charge in [-0.15, -0.1) is 0 Å². The maximum Gasteiger partial charge on any atom is 0.232 e. The monoisotopic (exact) mass is 298 g/mol. The molecule has 0 fully saturated rings. The zero-order valence-corrected chi connectivity index (χ0v) is 13.6. The fraction of sp³-hybridized carbons (Fsp3) is 0.600. The van der Waals surface area contributed by atoms with E-state index >= 15 is 0 Å². The Labute approximate surface area is 123 Å². The molecular formula is C15H26N2O2S. The molecule has 1 atom stereocenters. The number of hydrogen-bond donors (Lipinski definition) is 2. The largest absolute Gasteiger partial charge is 0.310 e. The minimum Gasteiger partial charge on any atom is -0.310 e. The molecule has 4 nitrogen and oxygen atoms in total. The molecule has 0 aliphatic heterocycles. The number of nitrogens with one attached hydrogen (secondary N) is 2. The van der Waals surface area contributed by atoms with Crippen LogP contribution in [0.15, 0.2) is 24.3 Å². The molecule has 2 N–H and O–H groups in total. The lowest BCUT2D eigenvalue weighted by molar-refractivity contribution is 0.577. The second kappa shape index (κ2) is 7.64. The summed E-state index contributed by atoms with van der Waals surface area (Å²) in [5, 5.41) is 3.30. The zero-order valence-electron chi connectivity index (χ0n) is 12.8. The van der Waals surface area contributed by atoms with Crippen LogP contribution in [0, 0.1) is 5.92 Å². The van der Waals surface area contributed by atoms with Crippen molar-refractivity contribution in [1.29, 1.82) is 0 Å². The van der Waals surface area contributed by atoms with Crippen molar-refractivity contribution in [3.63, 3.8) is 0 Å². The molecule has 1 aromatic rings. The first-order valence-corrected chi connectivity index (χ1v) is 8.83. The first kappa shape index (κ1) is 17.0. The van der Waals surface area contributed by atoms with Gasteiger partial charge in [0.05, 0.1) is 11.4 Å². The Kier molecular flexibility index (Phi) is 6.49. The van der Waals surface area contributed by atoms with E-state index in [0.717, 1.165) is 12.1 Å². The maximum absolute atomic E-state index is 12.1. The van der Waals surface area contributed by atoms with E-state index in [1.807, 2.05) is 52.0 Å². The first-order chi connectivity index (χ1) is 9.35. The molecule has 0 heterocycles. The smallest absolute Gasteiger partial charge is 0.232 e. The fourth-order valence-electron chi connectivity index (χ4n) is 1.99. The van der Waals surface area contributed by atoms with E-state index in [1.165, 1.54) is 0 Å². The van der Waals surface area contributed by atoms with Gasteiger partial charge in [0, 0.05) is 6.04 Å². The van der Waals surface area contributed by atoms with Crippen LogP contribution < -0.4 is 10.0 Å². The summed E-state index contributed by atoms with van der Waals surface area (Å²) in [6.07, 6.45) is 0.667. The van der Waals surface area contributed by atoms with Gasteiger partial charge in [0.15, 0.2) is 0 Å². The number of sulfonamides is 1. The SMILES string of the molecule is CCNC(C)c1ccccc1NS(=O)(=O)CCC(C)C. The van der Waals surface area contributed by atoms with Gasteiger partial charge in [-0.25, -0.2) is 8.42 Å². The summed E-state index contributed by atoms with van der Waals surface area (Å²) >= 11 is 0. The van der Waals surface area contributed by atoms with Gasteiger partial charge in [0.2, 0.25) is 10.0 Å². The summed E-state index contributed by atoms with van der Waals surface area (Å²) in [5.74, 6) is 0.539. The molecule has 20 heavy (non-hydrogen) atoms. The molecule has 114 valence electrons. The number of benzene rings is 1. The molecule has 0 saturated carbocycles. The summed E-state index contributed by atoms with van der Waals surface area (Å²) in [4.78, 5) is 0. The summed E-state index contributed by atoms with van der Waals surface area (Å²) in [7, 11) is -3.28. The van der Waals surface area contributed by atoms with Gasteiger partial charge in [-0.05, 0) is 37.4 Å². The second-order valence-electron chi connectivity index (χ2n) is 5.47. The van der Waals surface area contributed by atoms with E-state index in [9.17, 15) is 8.42 Å². The Hall–Kier alpha value is -1.07. The average molecular weight is 298 g/mol. The summed E-state index contributed by atoms with van der Waals surface area (Å²) in [6, 6.07) is 7.66. The van der Waals surface area contributed by atoms with Crippen LogP contribution in [0.5, 0.6) is 0 Å². The zero-order chi connectivity index (χ0) is 15.2. The van der Waals surface area contributed by atoms with E-state index in [1.54, 1.807) is 0 Å². The summed E-state index contributed by atoms with van der Waals surface area (Å²) in [6.45, 7) is 8.96. The van der Waals surface area contributed by atoms with E-state index < -0.39 is 10.0 Å². The highest BCUT2D eigenvalue weighted by Crippen LogP contribution is 2.23. The second-order valence-corrected chi connectivity index (χ2v) is 7.31. The lowest BCUT2D eigenvalue weighted by Crippen LogP contribution is -2.22. The van der Waals surface area contributed by atoms with Crippen LogP contribution in [0.4, 0.5) is 5.69 Å². The Morgan fingerprint density at radius 2 is 1.80 bits per heavy atom. The molecule has 5 heteroatoms. The molecule has 1 rings (SSSR count). The summed E-state index contributed by atoms with van der Waals surface area (Å²) < 4.78 is 26.9. The first-order valence-electron chi connectivity index (χ1n) is 7.18. The van der Waals surface area contributed by atoms with Gasteiger partial charge < -0.3 is 5.32 Å². The highest BCUT2D eigenvalue weighted by atomic mass is 32.2. The van der Waals surface area contributed by atoms with Crippen molar-refractivity contribution in [3.8, 4) is 0 Å². The lowest BCUT2D eigenvalue weighted by Gasteiger charge is -2.18. The van der Waals surface area contributed by atoms with Crippen molar-refractivity contribution in [2.45, 2.75) is 40.2 Å². The Balaban J connectivity index is 2.86. The molecule has 0 aliphatic carbocycles. The number of hydrogen-bond acceptors (Lipinski definition) is 3. The number of para-hydroxylation sites is 1. The molecule has 1 aromatic carbocycles. The van der Waals surface area contributed by atoms with Gasteiger partial charge in [0.25, 0.3) is 0 Å². The molecule has 0 amide bonds. The van der Waals surface area contributed by atoms with Crippen molar-refractivity contribution in [2.75, 3.05) is 17.0 Å². The minimum absolute atomic E-state index is 0.115. The third kappa shape index (κ3) is 5.51. The quantitative estimate of drug-likeness (QED) is 0.775. The molecule has 0 aliphatic rings. The molecule has 0 bridgehead atoms.